The van der Waals surface area contributed by atoms with Gasteiger partial charge in [0, 0.05) is 23.9 Å². The number of rotatable bonds is 3. The van der Waals surface area contributed by atoms with Gasteiger partial charge in [0.25, 0.3) is 5.69 Å². The Labute approximate surface area is 114 Å². The normalized spacial score (nSPS) is 10.2. The zero-order valence-corrected chi connectivity index (χ0v) is 10.8. The van der Waals surface area contributed by atoms with Crippen molar-refractivity contribution in [3.05, 3.63) is 57.1 Å². The minimum Gasteiger partial charge on any atom is -0.457 e. The van der Waals surface area contributed by atoms with Gasteiger partial charge < -0.3 is 10.5 Å². The highest BCUT2D eigenvalue weighted by Crippen LogP contribution is 2.34. The second kappa shape index (κ2) is 5.16. The highest BCUT2D eigenvalue weighted by atomic mass is 35.5. The molecule has 2 N–H and O–H groups in total. The summed E-state index contributed by atoms with van der Waals surface area (Å²) in [5.41, 5.74) is 6.70. The fourth-order valence-corrected chi connectivity index (χ4v) is 1.83. The average molecular weight is 279 g/mol. The third-order valence-corrected chi connectivity index (χ3v) is 2.83. The largest absolute Gasteiger partial charge is 0.457 e. The van der Waals surface area contributed by atoms with Crippen LogP contribution in [0.3, 0.4) is 0 Å². The zero-order valence-electron chi connectivity index (χ0n) is 10.1. The molecule has 0 aromatic heterocycles. The van der Waals surface area contributed by atoms with Crippen LogP contribution in [0.2, 0.25) is 5.02 Å². The highest BCUT2D eigenvalue weighted by molar-refractivity contribution is 6.32. The summed E-state index contributed by atoms with van der Waals surface area (Å²) in [6, 6.07) is 9.71. The molecule has 0 aliphatic heterocycles. The number of anilines is 1. The van der Waals surface area contributed by atoms with Crippen LogP contribution >= 0.6 is 11.6 Å². The summed E-state index contributed by atoms with van der Waals surface area (Å²) in [4.78, 5) is 10.2. The van der Waals surface area contributed by atoms with Crippen molar-refractivity contribution in [1.82, 2.24) is 0 Å². The lowest BCUT2D eigenvalue weighted by Crippen LogP contribution is -1.94. The monoisotopic (exact) mass is 278 g/mol. The molecular weight excluding hydrogens is 268 g/mol. The first-order valence-electron chi connectivity index (χ1n) is 5.45. The molecule has 0 aliphatic rings. The SMILES string of the molecule is Cc1cc([N+](=O)[O-])c(Cl)cc1Oc1cccc(N)c1. The molecule has 0 atom stereocenters. The molecule has 19 heavy (non-hydrogen) atoms. The predicted octanol–water partition coefficient (Wildman–Crippen LogP) is 3.93. The van der Waals surface area contributed by atoms with Gasteiger partial charge in [0.05, 0.1) is 4.92 Å². The van der Waals surface area contributed by atoms with Gasteiger partial charge in [-0.05, 0) is 24.6 Å². The van der Waals surface area contributed by atoms with E-state index in [-0.39, 0.29) is 10.7 Å². The number of ether oxygens (including phenoxy) is 1. The summed E-state index contributed by atoms with van der Waals surface area (Å²) in [7, 11) is 0. The first kappa shape index (κ1) is 13.2. The van der Waals surface area contributed by atoms with E-state index in [0.717, 1.165) is 0 Å². The minimum absolute atomic E-state index is 0.0366. The fourth-order valence-electron chi connectivity index (χ4n) is 1.60. The molecule has 98 valence electrons. The molecule has 0 fully saturated rings. The average Bonchev–Trinajstić information content (AvgIpc) is 2.33. The van der Waals surface area contributed by atoms with Crippen molar-refractivity contribution in [1.29, 1.82) is 0 Å². The van der Waals surface area contributed by atoms with Gasteiger partial charge in [-0.2, -0.15) is 0 Å². The van der Waals surface area contributed by atoms with Crippen molar-refractivity contribution in [2.24, 2.45) is 0 Å². The molecule has 0 unspecified atom stereocenters. The Morgan fingerprint density at radius 1 is 1.32 bits per heavy atom. The Balaban J connectivity index is 2.36. The number of nitro benzene ring substituents is 1. The van der Waals surface area contributed by atoms with Gasteiger partial charge in [0.1, 0.15) is 16.5 Å². The van der Waals surface area contributed by atoms with Crippen molar-refractivity contribution in [3.63, 3.8) is 0 Å². The van der Waals surface area contributed by atoms with Gasteiger partial charge in [-0.15, -0.1) is 0 Å². The van der Waals surface area contributed by atoms with Crippen LogP contribution < -0.4 is 10.5 Å². The number of nitro groups is 1. The molecule has 0 saturated heterocycles. The maximum Gasteiger partial charge on any atom is 0.288 e. The molecule has 0 amide bonds. The molecule has 0 aliphatic carbocycles. The molecule has 2 aromatic carbocycles. The first-order chi connectivity index (χ1) is 8.97. The van der Waals surface area contributed by atoms with E-state index in [1.54, 1.807) is 31.2 Å². The standard InChI is InChI=1S/C13H11ClN2O3/c1-8-5-12(16(17)18)11(14)7-13(8)19-10-4-2-3-9(15)6-10/h2-7H,15H2,1H3. The lowest BCUT2D eigenvalue weighted by atomic mass is 10.2. The second-order valence-electron chi connectivity index (χ2n) is 4.00. The van der Waals surface area contributed by atoms with E-state index in [4.69, 9.17) is 22.1 Å². The third kappa shape index (κ3) is 2.95. The number of nitrogen functional groups attached to an aromatic ring is 1. The highest BCUT2D eigenvalue weighted by Gasteiger charge is 2.16. The van der Waals surface area contributed by atoms with E-state index in [0.29, 0.717) is 22.7 Å². The maximum atomic E-state index is 10.8. The van der Waals surface area contributed by atoms with Crippen LogP contribution in [0.15, 0.2) is 36.4 Å². The summed E-state index contributed by atoms with van der Waals surface area (Å²) in [5, 5.41) is 10.8. The Morgan fingerprint density at radius 2 is 2.05 bits per heavy atom. The van der Waals surface area contributed by atoms with Crippen LogP contribution in [0.4, 0.5) is 11.4 Å². The Bertz CT molecular complexity index is 644. The Morgan fingerprint density at radius 3 is 2.68 bits per heavy atom. The molecule has 2 rings (SSSR count). The first-order valence-corrected chi connectivity index (χ1v) is 5.83. The van der Waals surface area contributed by atoms with E-state index in [2.05, 4.69) is 0 Å². The molecule has 0 radical (unpaired) electrons. The number of benzene rings is 2. The Kier molecular flexibility index (Phi) is 3.57. The fraction of sp³-hybridized carbons (Fsp3) is 0.0769. The van der Waals surface area contributed by atoms with Gasteiger partial charge >= 0.3 is 0 Å². The quantitative estimate of drug-likeness (QED) is 0.524. The van der Waals surface area contributed by atoms with E-state index in [1.807, 2.05) is 0 Å². The van der Waals surface area contributed by atoms with Crippen molar-refractivity contribution in [2.75, 3.05) is 5.73 Å². The zero-order chi connectivity index (χ0) is 14.0. The molecule has 0 spiro atoms. The molecule has 0 bridgehead atoms. The molecule has 2 aromatic rings. The summed E-state index contributed by atoms with van der Waals surface area (Å²) in [6.07, 6.45) is 0. The minimum atomic E-state index is -0.528. The number of hydrogen-bond acceptors (Lipinski definition) is 4. The number of nitrogens with two attached hydrogens (primary N) is 1. The van der Waals surface area contributed by atoms with Crippen LogP contribution in [-0.4, -0.2) is 4.92 Å². The lowest BCUT2D eigenvalue weighted by Gasteiger charge is -2.09. The third-order valence-electron chi connectivity index (χ3n) is 2.53. The van der Waals surface area contributed by atoms with Crippen molar-refractivity contribution in [2.45, 2.75) is 6.92 Å². The smallest absolute Gasteiger partial charge is 0.288 e. The maximum absolute atomic E-state index is 10.8. The van der Waals surface area contributed by atoms with Crippen LogP contribution in [0.5, 0.6) is 11.5 Å². The number of hydrogen-bond donors (Lipinski definition) is 1. The summed E-state index contributed by atoms with van der Waals surface area (Å²) in [5.74, 6) is 1.01. The van der Waals surface area contributed by atoms with E-state index < -0.39 is 4.92 Å². The molecule has 0 heterocycles. The second-order valence-corrected chi connectivity index (χ2v) is 4.41. The van der Waals surface area contributed by atoms with Gasteiger partial charge in [-0.25, -0.2) is 0 Å². The van der Waals surface area contributed by atoms with Crippen LogP contribution in [0, 0.1) is 17.0 Å². The van der Waals surface area contributed by atoms with Crippen LogP contribution in [0.1, 0.15) is 5.56 Å². The summed E-state index contributed by atoms with van der Waals surface area (Å²) < 4.78 is 5.62. The van der Waals surface area contributed by atoms with E-state index >= 15 is 0 Å². The van der Waals surface area contributed by atoms with E-state index in [1.165, 1.54) is 12.1 Å². The van der Waals surface area contributed by atoms with Crippen LogP contribution in [0.25, 0.3) is 0 Å². The number of halogens is 1. The van der Waals surface area contributed by atoms with Crippen LogP contribution in [-0.2, 0) is 0 Å². The van der Waals surface area contributed by atoms with Gasteiger partial charge in [-0.1, -0.05) is 17.7 Å². The van der Waals surface area contributed by atoms with Crippen molar-refractivity contribution < 1.29 is 9.66 Å². The Hall–Kier alpha value is -2.27. The lowest BCUT2D eigenvalue weighted by molar-refractivity contribution is -0.384. The molecule has 6 heteroatoms. The van der Waals surface area contributed by atoms with Gasteiger partial charge in [0.2, 0.25) is 0 Å². The number of aryl methyl sites for hydroxylation is 1. The van der Waals surface area contributed by atoms with Gasteiger partial charge in [0.15, 0.2) is 0 Å². The van der Waals surface area contributed by atoms with Crippen molar-refractivity contribution in [3.8, 4) is 11.5 Å². The predicted molar refractivity (Wildman–Crippen MR) is 73.8 cm³/mol. The summed E-state index contributed by atoms with van der Waals surface area (Å²) >= 11 is 5.85. The number of nitrogens with zero attached hydrogens (tertiary/aromatic N) is 1. The van der Waals surface area contributed by atoms with Crippen molar-refractivity contribution >= 4 is 23.0 Å². The molecular formula is C13H11ClN2O3. The molecule has 0 saturated carbocycles. The van der Waals surface area contributed by atoms with E-state index in [9.17, 15) is 10.1 Å². The topological polar surface area (TPSA) is 78.4 Å². The summed E-state index contributed by atoms with van der Waals surface area (Å²) in [6.45, 7) is 1.71. The molecule has 5 nitrogen and oxygen atoms in total. The van der Waals surface area contributed by atoms with Gasteiger partial charge in [-0.3, -0.25) is 10.1 Å².